The van der Waals surface area contributed by atoms with E-state index in [0.29, 0.717) is 0 Å². The van der Waals surface area contributed by atoms with Gasteiger partial charge in [-0.2, -0.15) is 0 Å². The first kappa shape index (κ1) is 43.3. The highest BCUT2D eigenvalue weighted by atomic mass is 16.5. The first-order chi connectivity index (χ1) is 39.0. The zero-order valence-electron chi connectivity index (χ0n) is 43.1. The summed E-state index contributed by atoms with van der Waals surface area (Å²) in [5.41, 5.74) is 21.5. The molecule has 10 heteroatoms. The molecule has 0 bridgehead atoms. The van der Waals surface area contributed by atoms with Gasteiger partial charge in [-0.1, -0.05) is 153 Å². The van der Waals surface area contributed by atoms with Gasteiger partial charge in [0.2, 0.25) is 0 Å². The molecular weight excluding hydrogens is 967 g/mol. The summed E-state index contributed by atoms with van der Waals surface area (Å²) >= 11 is 0. The van der Waals surface area contributed by atoms with Crippen molar-refractivity contribution in [1.82, 2.24) is 0 Å². The average molecular weight is 1010 g/mol. The summed E-state index contributed by atoms with van der Waals surface area (Å²) < 4.78 is 29.9. The van der Waals surface area contributed by atoms with Crippen LogP contribution in [-0.2, 0) is 5.41 Å². The van der Waals surface area contributed by atoms with E-state index < -0.39 is 0 Å². The van der Waals surface area contributed by atoms with Gasteiger partial charge in [0.05, 0.1) is 11.4 Å². The van der Waals surface area contributed by atoms with Crippen LogP contribution in [-0.4, -0.2) is 20.1 Å². The van der Waals surface area contributed by atoms with Crippen molar-refractivity contribution in [2.45, 2.75) is 19.3 Å². The SMILES string of the molecule is CC1(C)c2ccccc2N(c2ccccc2)c2cc3c(cc21)B1c2ccccc2Oc2c1c(cc1c2B2c4c(cccc4N1c1ccccc1)N(c1ccccc1)c1cc4c5c(c12)Oc1ccccc1B5c1ccccc1O4)O3. The van der Waals surface area contributed by atoms with Crippen LogP contribution in [0.4, 0.5) is 51.2 Å². The van der Waals surface area contributed by atoms with E-state index in [-0.39, 0.29) is 25.6 Å². The third-order valence-corrected chi connectivity index (χ3v) is 17.8. The van der Waals surface area contributed by atoms with Crippen LogP contribution >= 0.6 is 0 Å². The number of rotatable bonds is 3. The van der Waals surface area contributed by atoms with Crippen LogP contribution in [0.2, 0.25) is 0 Å². The predicted octanol–water partition coefficient (Wildman–Crippen LogP) is 11.3. The van der Waals surface area contributed by atoms with E-state index in [1.165, 1.54) is 16.8 Å². The average Bonchev–Trinajstić information content (AvgIpc) is 2.26. The van der Waals surface area contributed by atoms with E-state index in [0.717, 1.165) is 141 Å². The molecule has 18 rings (SSSR count). The number of hydrogen-bond acceptors (Lipinski definition) is 7. The first-order valence-corrected chi connectivity index (χ1v) is 27.3. The Morgan fingerprint density at radius 2 is 0.684 bits per heavy atom. The van der Waals surface area contributed by atoms with E-state index >= 15 is 0 Å². The molecule has 7 aliphatic heterocycles. The number of fused-ring (bicyclic) bond motifs is 16. The summed E-state index contributed by atoms with van der Waals surface area (Å²) in [6, 6.07) is 82.8. The fourth-order valence-electron chi connectivity index (χ4n) is 14.6. The topological polar surface area (TPSA) is 46.6 Å². The Labute approximate surface area is 458 Å². The van der Waals surface area contributed by atoms with Crippen molar-refractivity contribution >= 4 is 120 Å². The molecule has 7 nitrogen and oxygen atoms in total. The number of nitrogens with zero attached hydrogens (tertiary/aromatic N) is 3. The maximum Gasteiger partial charge on any atom is 0.261 e. The maximum absolute atomic E-state index is 7.66. The Hall–Kier alpha value is -9.79. The van der Waals surface area contributed by atoms with Crippen molar-refractivity contribution in [3.8, 4) is 46.0 Å². The van der Waals surface area contributed by atoms with E-state index in [1.807, 2.05) is 0 Å². The number of para-hydroxylation sites is 7. The van der Waals surface area contributed by atoms with Crippen LogP contribution in [0.15, 0.2) is 231 Å². The highest BCUT2D eigenvalue weighted by molar-refractivity contribution is 7.05. The Balaban J connectivity index is 0.949. The molecule has 0 atom stereocenters. The van der Waals surface area contributed by atoms with Crippen LogP contribution < -0.4 is 82.8 Å². The molecule has 7 aliphatic rings. The van der Waals surface area contributed by atoms with Crippen LogP contribution in [0.5, 0.6) is 46.0 Å². The van der Waals surface area contributed by atoms with E-state index in [4.69, 9.17) is 18.9 Å². The maximum atomic E-state index is 7.66. The number of anilines is 9. The monoisotopic (exact) mass is 1010 g/mol. The Bertz CT molecular complexity index is 4470. The van der Waals surface area contributed by atoms with Gasteiger partial charge >= 0.3 is 0 Å². The molecule has 0 amide bonds. The van der Waals surface area contributed by atoms with Gasteiger partial charge in [-0.3, -0.25) is 0 Å². The molecule has 11 aromatic rings. The van der Waals surface area contributed by atoms with Crippen molar-refractivity contribution in [3.63, 3.8) is 0 Å². The molecule has 0 unspecified atom stereocenters. The largest absolute Gasteiger partial charge is 0.459 e. The molecule has 0 aliphatic carbocycles. The second-order valence-electron chi connectivity index (χ2n) is 22.2. The second kappa shape index (κ2) is 15.7. The quantitative estimate of drug-likeness (QED) is 0.163. The van der Waals surface area contributed by atoms with E-state index in [9.17, 15) is 0 Å². The fourth-order valence-corrected chi connectivity index (χ4v) is 14.6. The van der Waals surface area contributed by atoms with Crippen LogP contribution in [0.25, 0.3) is 0 Å². The number of hydrogen-bond donors (Lipinski definition) is 0. The minimum atomic E-state index is -0.384. The van der Waals surface area contributed by atoms with E-state index in [1.54, 1.807) is 0 Å². The molecule has 0 N–H and O–H groups in total. The van der Waals surface area contributed by atoms with Gasteiger partial charge < -0.3 is 33.6 Å². The summed E-state index contributed by atoms with van der Waals surface area (Å²) in [5, 5.41) is 0. The molecule has 7 heterocycles. The highest BCUT2D eigenvalue weighted by Gasteiger charge is 2.54. The lowest BCUT2D eigenvalue weighted by atomic mass is 9.28. The minimum Gasteiger partial charge on any atom is -0.459 e. The first-order valence-electron chi connectivity index (χ1n) is 27.3. The normalized spacial score (nSPS) is 15.1. The lowest BCUT2D eigenvalue weighted by molar-refractivity contribution is 0.466. The molecule has 11 aromatic carbocycles. The molecular formula is C69H44B3N3O4. The molecule has 79 heavy (non-hydrogen) atoms. The zero-order chi connectivity index (χ0) is 51.8. The number of benzene rings is 11. The third-order valence-electron chi connectivity index (χ3n) is 17.8. The van der Waals surface area contributed by atoms with Gasteiger partial charge in [-0.05, 0) is 122 Å². The molecule has 0 aromatic heterocycles. The van der Waals surface area contributed by atoms with Crippen molar-refractivity contribution < 1.29 is 18.9 Å². The van der Waals surface area contributed by atoms with Gasteiger partial charge in [0.15, 0.2) is 0 Å². The molecule has 0 radical (unpaired) electrons. The summed E-state index contributed by atoms with van der Waals surface area (Å²) in [7, 11) is 0. The van der Waals surface area contributed by atoms with Gasteiger partial charge in [-0.15, -0.1) is 0 Å². The molecule has 368 valence electrons. The van der Waals surface area contributed by atoms with Gasteiger partial charge in [0.25, 0.3) is 20.1 Å². The summed E-state index contributed by atoms with van der Waals surface area (Å²) in [6.07, 6.45) is 0. The van der Waals surface area contributed by atoms with E-state index in [2.05, 4.69) is 259 Å². The predicted molar refractivity (Wildman–Crippen MR) is 323 cm³/mol. The van der Waals surface area contributed by atoms with Gasteiger partial charge in [0.1, 0.15) is 46.0 Å². The summed E-state index contributed by atoms with van der Waals surface area (Å²) in [5.74, 6) is 6.52. The second-order valence-corrected chi connectivity index (χ2v) is 22.2. The Morgan fingerprint density at radius 1 is 0.278 bits per heavy atom. The van der Waals surface area contributed by atoms with Crippen molar-refractivity contribution in [3.05, 3.63) is 242 Å². The standard InChI is InChI=1S/C69H44B3N3O4/c1-69(2)44-27-12-16-31-50(44)73(41-21-6-3-7-22-41)53-38-59-49(37-45(53)69)71-48-30-15-19-36-58(48)79-68-64-55(40-61(77-59)66(68)71)75(43-25-10-5-11-26-43)52-33-20-32-51-62(52)72(64)63-54(74(51)42-23-8-4-9-24-42)39-60-65-67(63)78-57-35-18-14-29-47(57)70(65)46-28-13-17-34-56(46)76-60/h3-40H,1-2H3. The molecule has 0 fully saturated rings. The molecule has 0 spiro atoms. The van der Waals surface area contributed by atoms with Crippen molar-refractivity contribution in [2.24, 2.45) is 0 Å². The van der Waals surface area contributed by atoms with Crippen molar-refractivity contribution in [2.75, 3.05) is 14.7 Å². The molecule has 0 saturated carbocycles. The Morgan fingerprint density at radius 3 is 1.22 bits per heavy atom. The molecule has 0 saturated heterocycles. The third kappa shape index (κ3) is 5.74. The van der Waals surface area contributed by atoms with Crippen molar-refractivity contribution in [1.29, 1.82) is 0 Å². The van der Waals surface area contributed by atoms with Gasteiger partial charge in [0, 0.05) is 74.4 Å². The van der Waals surface area contributed by atoms with Crippen LogP contribution in [0.1, 0.15) is 25.0 Å². The summed E-state index contributed by atoms with van der Waals surface area (Å²) in [4.78, 5) is 7.26. The highest BCUT2D eigenvalue weighted by Crippen LogP contribution is 2.55. The fraction of sp³-hybridized carbons (Fsp3) is 0.0435. The minimum absolute atomic E-state index is 0.129. The lowest BCUT2D eigenvalue weighted by Crippen LogP contribution is -2.66. The lowest BCUT2D eigenvalue weighted by Gasteiger charge is -2.47. The Kier molecular flexibility index (Phi) is 8.60. The van der Waals surface area contributed by atoms with Crippen LogP contribution in [0, 0.1) is 0 Å². The summed E-state index contributed by atoms with van der Waals surface area (Å²) in [6.45, 7) is 3.99. The number of ether oxygens (including phenoxy) is 4. The zero-order valence-corrected chi connectivity index (χ0v) is 43.1. The smallest absolute Gasteiger partial charge is 0.261 e. The van der Waals surface area contributed by atoms with Crippen LogP contribution in [0.3, 0.4) is 0 Å². The van der Waals surface area contributed by atoms with Gasteiger partial charge in [-0.25, -0.2) is 0 Å².